The van der Waals surface area contributed by atoms with Crippen molar-refractivity contribution in [3.05, 3.63) is 45.4 Å². The molecule has 108 valence electrons. The zero-order valence-corrected chi connectivity index (χ0v) is 11.7. The van der Waals surface area contributed by atoms with Gasteiger partial charge in [0.2, 0.25) is 0 Å². The van der Waals surface area contributed by atoms with E-state index in [1.165, 1.54) is 0 Å². The maximum atomic E-state index is 12.1. The number of carboxylic acids is 1. The Kier molecular flexibility index (Phi) is 5.25. The van der Waals surface area contributed by atoms with Gasteiger partial charge in [-0.1, -0.05) is 12.2 Å². The topological polar surface area (TPSA) is 99.3 Å². The number of carbonyl (C=O) groups excluding carboxylic acids is 1. The Morgan fingerprint density at radius 2 is 2.10 bits per heavy atom. The normalized spacial score (nSPS) is 12.3. The highest BCUT2D eigenvalue weighted by Crippen LogP contribution is 2.05. The number of aliphatic carboxylic acids is 1. The third-order valence-electron chi connectivity index (χ3n) is 2.80. The maximum Gasteiger partial charge on any atom is 0.326 e. The first-order chi connectivity index (χ1) is 9.36. The number of carboxylic acid groups (broad SMARTS) is 1. The average Bonchev–Trinajstić information content (AvgIpc) is 2.32. The number of rotatable bonds is 5. The predicted molar refractivity (Wildman–Crippen MR) is 74.9 cm³/mol. The van der Waals surface area contributed by atoms with Gasteiger partial charge < -0.3 is 15.4 Å². The van der Waals surface area contributed by atoms with E-state index in [1.54, 1.807) is 39.0 Å². The number of hydrogen-bond donors (Lipinski definition) is 3. The highest BCUT2D eigenvalue weighted by atomic mass is 16.4. The standard InChI is InChI=1S/C14H18N2O4/c1-4-5-6-10(14(19)20)16-13(18)11-8(2)7-9(3)15-12(11)17/h4-5,7,10H,6H2,1-3H3,(H,15,17)(H,16,18)(H,19,20)/b5-4+. The van der Waals surface area contributed by atoms with Gasteiger partial charge in [0, 0.05) is 5.69 Å². The van der Waals surface area contributed by atoms with Gasteiger partial charge in [-0.2, -0.15) is 0 Å². The van der Waals surface area contributed by atoms with E-state index in [1.807, 2.05) is 0 Å². The van der Waals surface area contributed by atoms with Crippen molar-refractivity contribution in [3.63, 3.8) is 0 Å². The van der Waals surface area contributed by atoms with Gasteiger partial charge in [0.05, 0.1) is 0 Å². The fraction of sp³-hybridized carbons (Fsp3) is 0.357. The van der Waals surface area contributed by atoms with Crippen LogP contribution in [0.5, 0.6) is 0 Å². The van der Waals surface area contributed by atoms with Crippen LogP contribution in [0.3, 0.4) is 0 Å². The van der Waals surface area contributed by atoms with Crippen LogP contribution < -0.4 is 10.9 Å². The number of carbonyl (C=O) groups is 2. The second-order valence-corrected chi connectivity index (χ2v) is 4.51. The number of hydrogen-bond acceptors (Lipinski definition) is 3. The molecule has 1 aromatic rings. The Morgan fingerprint density at radius 1 is 1.45 bits per heavy atom. The quantitative estimate of drug-likeness (QED) is 0.703. The lowest BCUT2D eigenvalue weighted by molar-refractivity contribution is -0.139. The summed E-state index contributed by atoms with van der Waals surface area (Å²) < 4.78 is 0. The van der Waals surface area contributed by atoms with Gasteiger partial charge >= 0.3 is 5.97 Å². The number of aryl methyl sites for hydroxylation is 2. The molecule has 3 N–H and O–H groups in total. The summed E-state index contributed by atoms with van der Waals surface area (Å²) in [7, 11) is 0. The minimum atomic E-state index is -1.14. The lowest BCUT2D eigenvalue weighted by Crippen LogP contribution is -2.42. The molecule has 1 rings (SSSR count). The number of pyridine rings is 1. The molecule has 0 aliphatic rings. The van der Waals surface area contributed by atoms with Crippen molar-refractivity contribution in [2.24, 2.45) is 0 Å². The van der Waals surface area contributed by atoms with Crippen LogP contribution in [-0.4, -0.2) is 28.0 Å². The third-order valence-corrected chi connectivity index (χ3v) is 2.80. The predicted octanol–water partition coefficient (Wildman–Crippen LogP) is 1.14. The van der Waals surface area contributed by atoms with Crippen LogP contribution in [0, 0.1) is 13.8 Å². The maximum absolute atomic E-state index is 12.1. The van der Waals surface area contributed by atoms with Crippen LogP contribution >= 0.6 is 0 Å². The number of nitrogens with one attached hydrogen (secondary N) is 2. The summed E-state index contributed by atoms with van der Waals surface area (Å²) in [6, 6.07) is 0.608. The van der Waals surface area contributed by atoms with Crippen LogP contribution in [0.4, 0.5) is 0 Å². The summed E-state index contributed by atoms with van der Waals surface area (Å²) in [4.78, 5) is 37.4. The molecule has 0 aromatic carbocycles. The summed E-state index contributed by atoms with van der Waals surface area (Å²) >= 11 is 0. The van der Waals surface area contributed by atoms with Crippen molar-refractivity contribution in [1.82, 2.24) is 10.3 Å². The van der Waals surface area contributed by atoms with E-state index in [4.69, 9.17) is 5.11 Å². The number of H-pyrrole nitrogens is 1. The fourth-order valence-corrected chi connectivity index (χ4v) is 1.86. The van der Waals surface area contributed by atoms with Crippen molar-refractivity contribution in [3.8, 4) is 0 Å². The summed E-state index contributed by atoms with van der Waals surface area (Å²) in [5, 5.41) is 11.4. The zero-order valence-electron chi connectivity index (χ0n) is 11.7. The van der Waals surface area contributed by atoms with Gasteiger partial charge in [-0.3, -0.25) is 9.59 Å². The second kappa shape index (κ2) is 6.70. The van der Waals surface area contributed by atoms with Gasteiger partial charge in [-0.05, 0) is 38.8 Å². The van der Waals surface area contributed by atoms with Gasteiger partial charge in [0.25, 0.3) is 11.5 Å². The van der Waals surface area contributed by atoms with E-state index < -0.39 is 23.5 Å². The molecule has 6 nitrogen and oxygen atoms in total. The minimum Gasteiger partial charge on any atom is -0.480 e. The molecule has 0 bridgehead atoms. The highest BCUT2D eigenvalue weighted by Gasteiger charge is 2.22. The molecule has 1 amide bonds. The van der Waals surface area contributed by atoms with Gasteiger partial charge in [-0.25, -0.2) is 4.79 Å². The van der Waals surface area contributed by atoms with Gasteiger partial charge in [-0.15, -0.1) is 0 Å². The van der Waals surface area contributed by atoms with Crippen molar-refractivity contribution in [2.75, 3.05) is 0 Å². The van der Waals surface area contributed by atoms with E-state index in [-0.39, 0.29) is 12.0 Å². The van der Waals surface area contributed by atoms with E-state index in [0.717, 1.165) is 0 Å². The van der Waals surface area contributed by atoms with Crippen LogP contribution in [-0.2, 0) is 4.79 Å². The monoisotopic (exact) mass is 278 g/mol. The Hall–Kier alpha value is -2.37. The molecule has 0 saturated carbocycles. The smallest absolute Gasteiger partial charge is 0.326 e. The van der Waals surface area contributed by atoms with Crippen molar-refractivity contribution in [2.45, 2.75) is 33.2 Å². The number of aromatic amines is 1. The summed E-state index contributed by atoms with van der Waals surface area (Å²) in [6.45, 7) is 5.11. The lowest BCUT2D eigenvalue weighted by atomic mass is 10.1. The average molecular weight is 278 g/mol. The molecule has 20 heavy (non-hydrogen) atoms. The van der Waals surface area contributed by atoms with Gasteiger partial charge in [0.15, 0.2) is 0 Å². The SMILES string of the molecule is C/C=C/CC(NC(=O)c1c(C)cc(C)[nH]c1=O)C(=O)O. The fourth-order valence-electron chi connectivity index (χ4n) is 1.86. The molecular weight excluding hydrogens is 260 g/mol. The first kappa shape index (κ1) is 15.7. The van der Waals surface area contributed by atoms with Crippen molar-refractivity contribution >= 4 is 11.9 Å². The Balaban J connectivity index is 3.01. The molecule has 0 radical (unpaired) electrons. The third kappa shape index (κ3) is 3.81. The molecule has 0 spiro atoms. The molecule has 1 heterocycles. The first-order valence-electron chi connectivity index (χ1n) is 6.22. The minimum absolute atomic E-state index is 0.0534. The Bertz CT molecular complexity index is 602. The van der Waals surface area contributed by atoms with Crippen LogP contribution in [0.1, 0.15) is 35.0 Å². The summed E-state index contributed by atoms with van der Waals surface area (Å²) in [5.41, 5.74) is 0.587. The Morgan fingerprint density at radius 3 is 2.60 bits per heavy atom. The Labute approximate surface area is 116 Å². The molecule has 0 fully saturated rings. The largest absolute Gasteiger partial charge is 0.480 e. The van der Waals surface area contributed by atoms with Crippen LogP contribution in [0.25, 0.3) is 0 Å². The molecule has 1 aromatic heterocycles. The second-order valence-electron chi connectivity index (χ2n) is 4.51. The lowest BCUT2D eigenvalue weighted by Gasteiger charge is -2.13. The van der Waals surface area contributed by atoms with E-state index in [2.05, 4.69) is 10.3 Å². The number of amides is 1. The van der Waals surface area contributed by atoms with E-state index in [0.29, 0.717) is 11.3 Å². The summed E-state index contributed by atoms with van der Waals surface area (Å²) in [5.74, 6) is -1.82. The molecular formula is C14H18N2O4. The molecule has 1 unspecified atom stereocenters. The molecule has 0 aliphatic carbocycles. The van der Waals surface area contributed by atoms with Crippen molar-refractivity contribution < 1.29 is 14.7 Å². The number of allylic oxidation sites excluding steroid dienone is 1. The van der Waals surface area contributed by atoms with E-state index >= 15 is 0 Å². The van der Waals surface area contributed by atoms with Gasteiger partial charge in [0.1, 0.15) is 11.6 Å². The van der Waals surface area contributed by atoms with Crippen LogP contribution in [0.15, 0.2) is 23.0 Å². The molecule has 6 heteroatoms. The van der Waals surface area contributed by atoms with Crippen molar-refractivity contribution in [1.29, 1.82) is 0 Å². The summed E-state index contributed by atoms with van der Waals surface area (Å²) in [6.07, 6.45) is 3.51. The van der Waals surface area contributed by atoms with Crippen LogP contribution in [0.2, 0.25) is 0 Å². The highest BCUT2D eigenvalue weighted by molar-refractivity contribution is 5.97. The van der Waals surface area contributed by atoms with E-state index in [9.17, 15) is 14.4 Å². The molecule has 0 aliphatic heterocycles. The first-order valence-corrected chi connectivity index (χ1v) is 6.22. The molecule has 0 saturated heterocycles. The number of aromatic nitrogens is 1. The zero-order chi connectivity index (χ0) is 15.3. The molecule has 1 atom stereocenters.